The highest BCUT2D eigenvalue weighted by atomic mass is 35.5. The van der Waals surface area contributed by atoms with E-state index >= 15 is 0 Å². The zero-order chi connectivity index (χ0) is 13.9. The molecule has 0 saturated heterocycles. The second-order valence-corrected chi connectivity index (χ2v) is 5.83. The fourth-order valence-corrected chi connectivity index (χ4v) is 3.14. The zero-order valence-electron chi connectivity index (χ0n) is 10.8. The van der Waals surface area contributed by atoms with E-state index in [1.165, 1.54) is 11.3 Å². The number of alkyl halides is 1. The molecule has 0 saturated carbocycles. The number of halogens is 1. The molecular weight excluding hydrogens is 290 g/mol. The summed E-state index contributed by atoms with van der Waals surface area (Å²) >= 11 is 7.95. The van der Waals surface area contributed by atoms with Crippen LogP contribution >= 0.6 is 22.9 Å². The smallest absolute Gasteiger partial charge is 0.166 e. The van der Waals surface area contributed by atoms with E-state index in [1.54, 1.807) is 6.20 Å². The summed E-state index contributed by atoms with van der Waals surface area (Å²) in [6.45, 7) is 2.01. The summed E-state index contributed by atoms with van der Waals surface area (Å²) in [5.41, 5.74) is 2.98. The van der Waals surface area contributed by atoms with Crippen LogP contribution in [0.5, 0.6) is 0 Å². The SMILES string of the molecule is Cc1cccnc1-c1nnc(C(Cl)c2ccccc2)s1. The highest BCUT2D eigenvalue weighted by Crippen LogP contribution is 2.33. The maximum atomic E-state index is 6.46. The maximum absolute atomic E-state index is 6.46. The molecule has 2 heterocycles. The summed E-state index contributed by atoms with van der Waals surface area (Å²) in [5, 5.41) is 9.75. The van der Waals surface area contributed by atoms with E-state index in [0.29, 0.717) is 0 Å². The van der Waals surface area contributed by atoms with E-state index in [4.69, 9.17) is 11.6 Å². The minimum atomic E-state index is -0.272. The van der Waals surface area contributed by atoms with Crippen LogP contribution in [0, 0.1) is 6.92 Å². The molecule has 0 fully saturated rings. The Kier molecular flexibility index (Phi) is 3.76. The molecule has 3 nitrogen and oxygen atoms in total. The summed E-state index contributed by atoms with van der Waals surface area (Å²) in [4.78, 5) is 4.36. The van der Waals surface area contributed by atoms with Crippen LogP contribution in [0.25, 0.3) is 10.7 Å². The van der Waals surface area contributed by atoms with E-state index in [0.717, 1.165) is 26.8 Å². The summed E-state index contributed by atoms with van der Waals surface area (Å²) in [7, 11) is 0. The molecule has 0 aliphatic carbocycles. The molecule has 0 amide bonds. The van der Waals surface area contributed by atoms with Gasteiger partial charge in [0.2, 0.25) is 0 Å². The molecule has 1 aromatic carbocycles. The fourth-order valence-electron chi connectivity index (χ4n) is 1.91. The number of aryl methyl sites for hydroxylation is 1. The molecule has 0 bridgehead atoms. The molecule has 20 heavy (non-hydrogen) atoms. The van der Waals surface area contributed by atoms with Gasteiger partial charge in [-0.2, -0.15) is 0 Å². The van der Waals surface area contributed by atoms with Crippen molar-refractivity contribution in [3.8, 4) is 10.7 Å². The van der Waals surface area contributed by atoms with Crippen LogP contribution in [0.15, 0.2) is 48.7 Å². The molecule has 0 aliphatic heterocycles. The number of hydrogen-bond acceptors (Lipinski definition) is 4. The van der Waals surface area contributed by atoms with Crippen molar-refractivity contribution in [2.75, 3.05) is 0 Å². The Bertz CT molecular complexity index is 712. The highest BCUT2D eigenvalue weighted by molar-refractivity contribution is 7.15. The minimum Gasteiger partial charge on any atom is -0.253 e. The molecule has 0 aliphatic rings. The van der Waals surface area contributed by atoms with Gasteiger partial charge in [-0.15, -0.1) is 21.8 Å². The van der Waals surface area contributed by atoms with Gasteiger partial charge < -0.3 is 0 Å². The van der Waals surface area contributed by atoms with Crippen LogP contribution in [0.3, 0.4) is 0 Å². The van der Waals surface area contributed by atoms with Gasteiger partial charge >= 0.3 is 0 Å². The lowest BCUT2D eigenvalue weighted by Gasteiger charge is -2.04. The first-order chi connectivity index (χ1) is 9.75. The summed E-state index contributed by atoms with van der Waals surface area (Å²) in [6, 6.07) is 13.8. The van der Waals surface area contributed by atoms with Crippen LogP contribution in [-0.4, -0.2) is 15.2 Å². The van der Waals surface area contributed by atoms with Crippen LogP contribution in [0.2, 0.25) is 0 Å². The first-order valence-electron chi connectivity index (χ1n) is 6.20. The van der Waals surface area contributed by atoms with Crippen molar-refractivity contribution in [3.63, 3.8) is 0 Å². The molecule has 3 rings (SSSR count). The van der Waals surface area contributed by atoms with Crippen molar-refractivity contribution < 1.29 is 0 Å². The molecule has 0 spiro atoms. The largest absolute Gasteiger partial charge is 0.253 e. The van der Waals surface area contributed by atoms with E-state index in [1.807, 2.05) is 49.4 Å². The summed E-state index contributed by atoms with van der Waals surface area (Å²) in [6.07, 6.45) is 1.76. The van der Waals surface area contributed by atoms with Gasteiger partial charge in [-0.25, -0.2) is 0 Å². The Hall–Kier alpha value is -1.78. The number of aromatic nitrogens is 3. The highest BCUT2D eigenvalue weighted by Gasteiger charge is 2.17. The monoisotopic (exact) mass is 301 g/mol. The van der Waals surface area contributed by atoms with E-state index in [9.17, 15) is 0 Å². The number of rotatable bonds is 3. The fraction of sp³-hybridized carbons (Fsp3) is 0.133. The van der Waals surface area contributed by atoms with Gasteiger partial charge in [0.25, 0.3) is 0 Å². The second kappa shape index (κ2) is 5.69. The third-order valence-electron chi connectivity index (χ3n) is 2.96. The van der Waals surface area contributed by atoms with Crippen molar-refractivity contribution in [3.05, 3.63) is 64.8 Å². The number of nitrogens with zero attached hydrogens (tertiary/aromatic N) is 3. The quantitative estimate of drug-likeness (QED) is 0.679. The van der Waals surface area contributed by atoms with Gasteiger partial charge in [0, 0.05) is 6.20 Å². The Morgan fingerprint density at radius 3 is 2.60 bits per heavy atom. The molecule has 5 heteroatoms. The first kappa shape index (κ1) is 13.2. The van der Waals surface area contributed by atoms with Crippen molar-refractivity contribution in [1.29, 1.82) is 0 Å². The Balaban J connectivity index is 1.93. The summed E-state index contributed by atoms with van der Waals surface area (Å²) < 4.78 is 0. The lowest BCUT2D eigenvalue weighted by atomic mass is 10.1. The van der Waals surface area contributed by atoms with E-state index in [-0.39, 0.29) is 5.38 Å². The standard InChI is InChI=1S/C15H12ClN3S/c1-10-6-5-9-17-13(10)15-19-18-14(20-15)12(16)11-7-3-2-4-8-11/h2-9,12H,1H3. The first-order valence-corrected chi connectivity index (χ1v) is 7.45. The van der Waals surface area contributed by atoms with Crippen LogP contribution in [0.1, 0.15) is 21.5 Å². The lowest BCUT2D eigenvalue weighted by molar-refractivity contribution is 0.984. The van der Waals surface area contributed by atoms with Gasteiger partial charge in [0.15, 0.2) is 5.01 Å². The molecule has 1 unspecified atom stereocenters. The zero-order valence-corrected chi connectivity index (χ0v) is 12.4. The Morgan fingerprint density at radius 1 is 1.05 bits per heavy atom. The topological polar surface area (TPSA) is 38.7 Å². The number of benzene rings is 1. The van der Waals surface area contributed by atoms with Gasteiger partial charge in [-0.1, -0.05) is 47.7 Å². The van der Waals surface area contributed by atoms with E-state index < -0.39 is 0 Å². The third kappa shape index (κ3) is 2.57. The van der Waals surface area contributed by atoms with Gasteiger partial charge in [-0.3, -0.25) is 4.98 Å². The second-order valence-electron chi connectivity index (χ2n) is 4.39. The predicted octanol–water partition coefficient (Wildman–Crippen LogP) is 4.24. The maximum Gasteiger partial charge on any atom is 0.166 e. The third-order valence-corrected chi connectivity index (χ3v) is 4.54. The van der Waals surface area contributed by atoms with Crippen LogP contribution < -0.4 is 0 Å². The lowest BCUT2D eigenvalue weighted by Crippen LogP contribution is -1.91. The molecule has 100 valence electrons. The Morgan fingerprint density at radius 2 is 1.85 bits per heavy atom. The molecule has 1 atom stereocenters. The van der Waals surface area contributed by atoms with Gasteiger partial charge in [0.1, 0.15) is 16.1 Å². The van der Waals surface area contributed by atoms with Crippen molar-refractivity contribution in [2.24, 2.45) is 0 Å². The van der Waals surface area contributed by atoms with Gasteiger partial charge in [-0.05, 0) is 24.1 Å². The predicted molar refractivity (Wildman–Crippen MR) is 82.0 cm³/mol. The molecule has 3 aromatic rings. The van der Waals surface area contributed by atoms with Gasteiger partial charge in [0.05, 0.1) is 0 Å². The average Bonchev–Trinajstić information content (AvgIpc) is 2.97. The Labute approximate surface area is 126 Å². The minimum absolute atomic E-state index is 0.272. The average molecular weight is 302 g/mol. The number of hydrogen-bond donors (Lipinski definition) is 0. The van der Waals surface area contributed by atoms with Crippen LogP contribution in [0.4, 0.5) is 0 Å². The van der Waals surface area contributed by atoms with Crippen molar-refractivity contribution >= 4 is 22.9 Å². The van der Waals surface area contributed by atoms with Crippen molar-refractivity contribution in [1.82, 2.24) is 15.2 Å². The molecule has 0 radical (unpaired) electrons. The number of pyridine rings is 1. The van der Waals surface area contributed by atoms with Crippen molar-refractivity contribution in [2.45, 2.75) is 12.3 Å². The molecule has 0 N–H and O–H groups in total. The van der Waals surface area contributed by atoms with E-state index in [2.05, 4.69) is 15.2 Å². The molecular formula is C15H12ClN3S. The normalized spacial score (nSPS) is 12.3. The van der Waals surface area contributed by atoms with Crippen LogP contribution in [-0.2, 0) is 0 Å². The summed E-state index contributed by atoms with van der Waals surface area (Å²) in [5.74, 6) is 0. The molecule has 2 aromatic heterocycles.